The molecule has 9 heteroatoms. The SMILES string of the molecule is COc1cc(C2c3c(oc4cc(C)c(C)cc4c3=O)C(=O)N2c2nc(C)c(C(C)=O)s2)ccc1OCC(C)C. The summed E-state index contributed by atoms with van der Waals surface area (Å²) >= 11 is 1.12. The van der Waals surface area contributed by atoms with Crippen molar-refractivity contribution in [2.75, 3.05) is 18.6 Å². The molecular formula is C30H30N2O6S. The van der Waals surface area contributed by atoms with Gasteiger partial charge in [-0.05, 0) is 67.6 Å². The summed E-state index contributed by atoms with van der Waals surface area (Å²) in [5, 5.41) is 0.717. The lowest BCUT2D eigenvalue weighted by molar-refractivity contribution is 0.0969. The lowest BCUT2D eigenvalue weighted by Gasteiger charge is -2.23. The normalized spacial score (nSPS) is 14.8. The second-order valence-corrected chi connectivity index (χ2v) is 11.2. The standard InChI is InChI=1S/C30H30N2O6S/c1-14(2)13-37-21-9-8-19(12-23(21)36-7)25-24-26(34)20-10-15(3)16(4)11-22(20)38-27(24)29(35)32(25)30-31-17(5)28(39-30)18(6)33/h8-12,14,25H,13H2,1-7H3. The fourth-order valence-corrected chi connectivity index (χ4v) is 5.77. The fourth-order valence-electron chi connectivity index (χ4n) is 4.78. The van der Waals surface area contributed by atoms with Gasteiger partial charge in [0.2, 0.25) is 5.76 Å². The minimum absolute atomic E-state index is 0.0305. The van der Waals surface area contributed by atoms with Gasteiger partial charge in [0.15, 0.2) is 27.8 Å². The van der Waals surface area contributed by atoms with Crippen LogP contribution in [0.4, 0.5) is 5.13 Å². The number of rotatable bonds is 7. The highest BCUT2D eigenvalue weighted by Crippen LogP contribution is 2.45. The molecule has 0 bridgehead atoms. The van der Waals surface area contributed by atoms with E-state index in [9.17, 15) is 14.4 Å². The molecule has 202 valence electrons. The average Bonchev–Trinajstić information content (AvgIpc) is 3.41. The fraction of sp³-hybridized carbons (Fsp3) is 0.333. The second-order valence-electron chi connectivity index (χ2n) is 10.3. The van der Waals surface area contributed by atoms with Gasteiger partial charge in [0.25, 0.3) is 5.91 Å². The number of carbonyl (C=O) groups is 2. The largest absolute Gasteiger partial charge is 0.493 e. The third-order valence-electron chi connectivity index (χ3n) is 6.87. The molecule has 0 spiro atoms. The summed E-state index contributed by atoms with van der Waals surface area (Å²) in [6, 6.07) is 8.10. The molecule has 0 fully saturated rings. The minimum Gasteiger partial charge on any atom is -0.493 e. The van der Waals surface area contributed by atoms with E-state index in [0.717, 1.165) is 22.5 Å². The number of nitrogens with zero attached hydrogens (tertiary/aromatic N) is 2. The van der Waals surface area contributed by atoms with Crippen LogP contribution in [0.15, 0.2) is 39.5 Å². The minimum atomic E-state index is -0.840. The number of hydrogen-bond acceptors (Lipinski definition) is 8. The summed E-state index contributed by atoms with van der Waals surface area (Å²) in [7, 11) is 1.54. The lowest BCUT2D eigenvalue weighted by atomic mass is 9.97. The van der Waals surface area contributed by atoms with Crippen molar-refractivity contribution in [3.63, 3.8) is 0 Å². The first-order valence-corrected chi connectivity index (χ1v) is 13.5. The monoisotopic (exact) mass is 546 g/mol. The topological polar surface area (TPSA) is 98.9 Å². The molecule has 0 aliphatic carbocycles. The lowest BCUT2D eigenvalue weighted by Crippen LogP contribution is -2.29. The molecule has 1 aliphatic heterocycles. The molecule has 0 N–H and O–H groups in total. The number of fused-ring (bicyclic) bond motifs is 2. The van der Waals surface area contributed by atoms with Crippen LogP contribution in [0.2, 0.25) is 0 Å². The molecule has 3 heterocycles. The van der Waals surface area contributed by atoms with E-state index in [1.807, 2.05) is 19.9 Å². The molecule has 0 radical (unpaired) electrons. The number of ketones is 1. The Morgan fingerprint density at radius 2 is 1.82 bits per heavy atom. The van der Waals surface area contributed by atoms with Gasteiger partial charge in [0.1, 0.15) is 5.58 Å². The van der Waals surface area contributed by atoms with Gasteiger partial charge in [-0.15, -0.1) is 0 Å². The summed E-state index contributed by atoms with van der Waals surface area (Å²) in [5.74, 6) is 0.693. The van der Waals surface area contributed by atoms with Crippen LogP contribution in [0.1, 0.15) is 75.0 Å². The van der Waals surface area contributed by atoms with Crippen LogP contribution < -0.4 is 19.8 Å². The number of amides is 1. The number of anilines is 1. The molecule has 1 aliphatic rings. The van der Waals surface area contributed by atoms with E-state index >= 15 is 0 Å². The molecule has 4 aromatic rings. The Morgan fingerprint density at radius 3 is 2.46 bits per heavy atom. The Labute approximate surface area is 230 Å². The smallest absolute Gasteiger partial charge is 0.297 e. The Balaban J connectivity index is 1.75. The van der Waals surface area contributed by atoms with Gasteiger partial charge in [0.05, 0.1) is 41.3 Å². The van der Waals surface area contributed by atoms with Crippen molar-refractivity contribution in [2.24, 2.45) is 5.92 Å². The van der Waals surface area contributed by atoms with Gasteiger partial charge in [-0.2, -0.15) is 0 Å². The van der Waals surface area contributed by atoms with E-state index < -0.39 is 11.9 Å². The Bertz CT molecular complexity index is 1700. The van der Waals surface area contributed by atoms with Gasteiger partial charge < -0.3 is 13.9 Å². The quantitative estimate of drug-likeness (QED) is 0.256. The predicted octanol–water partition coefficient (Wildman–Crippen LogP) is 6.17. The van der Waals surface area contributed by atoms with Crippen molar-refractivity contribution in [3.8, 4) is 11.5 Å². The van der Waals surface area contributed by atoms with E-state index in [4.69, 9.17) is 13.9 Å². The van der Waals surface area contributed by atoms with Crippen LogP contribution in [-0.4, -0.2) is 30.4 Å². The molecule has 2 aromatic heterocycles. The Hall–Kier alpha value is -3.98. The highest BCUT2D eigenvalue weighted by molar-refractivity contribution is 7.17. The zero-order valence-electron chi connectivity index (χ0n) is 23.0. The number of benzene rings is 2. The first-order valence-electron chi connectivity index (χ1n) is 12.7. The molecule has 1 unspecified atom stereocenters. The number of carbonyl (C=O) groups excluding carboxylic acids is 2. The van der Waals surface area contributed by atoms with Crippen LogP contribution in [-0.2, 0) is 0 Å². The zero-order valence-corrected chi connectivity index (χ0v) is 23.8. The van der Waals surface area contributed by atoms with Gasteiger partial charge in [-0.3, -0.25) is 19.3 Å². The maximum Gasteiger partial charge on any atom is 0.297 e. The third-order valence-corrected chi connectivity index (χ3v) is 8.13. The van der Waals surface area contributed by atoms with Crippen molar-refractivity contribution in [1.29, 1.82) is 0 Å². The van der Waals surface area contributed by atoms with Crippen LogP contribution in [0.3, 0.4) is 0 Å². The van der Waals surface area contributed by atoms with Crippen LogP contribution >= 0.6 is 11.3 Å². The number of Topliss-reactive ketones (excluding diaryl/α,β-unsaturated/α-hetero) is 1. The third kappa shape index (κ3) is 4.50. The Morgan fingerprint density at radius 1 is 1.10 bits per heavy atom. The van der Waals surface area contributed by atoms with Crippen molar-refractivity contribution in [2.45, 2.75) is 47.6 Å². The van der Waals surface area contributed by atoms with Crippen LogP contribution in [0.25, 0.3) is 11.0 Å². The summed E-state index contributed by atoms with van der Waals surface area (Å²) < 4.78 is 17.7. The molecule has 0 saturated heterocycles. The van der Waals surface area contributed by atoms with Crippen molar-refractivity contribution < 1.29 is 23.5 Å². The zero-order chi connectivity index (χ0) is 28.2. The molecule has 1 amide bonds. The summed E-state index contributed by atoms with van der Waals surface area (Å²) in [5.41, 5.74) is 3.35. The van der Waals surface area contributed by atoms with Crippen molar-refractivity contribution in [1.82, 2.24) is 4.98 Å². The van der Waals surface area contributed by atoms with E-state index in [1.165, 1.54) is 11.8 Å². The van der Waals surface area contributed by atoms with Crippen LogP contribution in [0, 0.1) is 26.7 Å². The predicted molar refractivity (Wildman–Crippen MR) is 151 cm³/mol. The first kappa shape index (κ1) is 26.6. The van der Waals surface area contributed by atoms with Crippen molar-refractivity contribution in [3.05, 3.63) is 79.1 Å². The summed E-state index contributed by atoms with van der Waals surface area (Å²) in [6.45, 7) is 11.7. The highest BCUT2D eigenvalue weighted by Gasteiger charge is 2.45. The van der Waals surface area contributed by atoms with E-state index in [1.54, 1.807) is 38.3 Å². The van der Waals surface area contributed by atoms with E-state index in [-0.39, 0.29) is 22.5 Å². The molecule has 0 saturated carbocycles. The average molecular weight is 547 g/mol. The maximum atomic E-state index is 14.0. The first-order chi connectivity index (χ1) is 18.5. The summed E-state index contributed by atoms with van der Waals surface area (Å²) in [6.07, 6.45) is 0. The number of ether oxygens (including phenoxy) is 2. The van der Waals surface area contributed by atoms with Gasteiger partial charge in [0, 0.05) is 6.92 Å². The molecule has 2 aromatic carbocycles. The van der Waals surface area contributed by atoms with Gasteiger partial charge in [-0.1, -0.05) is 31.3 Å². The molecular weight excluding hydrogens is 516 g/mol. The van der Waals surface area contributed by atoms with E-state index in [2.05, 4.69) is 18.8 Å². The van der Waals surface area contributed by atoms with Gasteiger partial charge >= 0.3 is 0 Å². The van der Waals surface area contributed by atoms with Crippen LogP contribution in [0.5, 0.6) is 11.5 Å². The number of aromatic nitrogens is 1. The van der Waals surface area contributed by atoms with E-state index in [0.29, 0.717) is 56.3 Å². The summed E-state index contributed by atoms with van der Waals surface area (Å²) in [4.78, 5) is 46.6. The molecule has 1 atom stereocenters. The number of methoxy groups -OCH3 is 1. The highest BCUT2D eigenvalue weighted by atomic mass is 32.1. The molecule has 39 heavy (non-hydrogen) atoms. The van der Waals surface area contributed by atoms with Gasteiger partial charge in [-0.25, -0.2) is 4.98 Å². The van der Waals surface area contributed by atoms with Crippen molar-refractivity contribution >= 4 is 39.1 Å². The molecule has 5 rings (SSSR count). The second kappa shape index (κ2) is 9.96. The number of aryl methyl sites for hydroxylation is 3. The number of thiazole rings is 1. The Kier molecular flexibility index (Phi) is 6.80. The maximum absolute atomic E-state index is 14.0. The molecule has 8 nitrogen and oxygen atoms in total. The number of hydrogen-bond donors (Lipinski definition) is 0.